The van der Waals surface area contributed by atoms with Crippen molar-refractivity contribution in [2.24, 2.45) is 0 Å². The molecule has 0 atom stereocenters. The standard InChI is InChI=1S/C38H24O/c1-3-11-25(12-4-1)27-19-21-29-34-23-28(20-22-35(34)39-36(29)24-27)38-32-17-9-7-15-30(32)37(26-13-5-2-6-14-26)31-16-8-10-18-33(31)38/h1-24H. The zero-order valence-electron chi connectivity index (χ0n) is 21.3. The third-order valence-corrected chi connectivity index (χ3v) is 7.86. The maximum absolute atomic E-state index is 6.36. The van der Waals surface area contributed by atoms with Gasteiger partial charge in [-0.1, -0.05) is 121 Å². The van der Waals surface area contributed by atoms with E-state index >= 15 is 0 Å². The van der Waals surface area contributed by atoms with Crippen molar-refractivity contribution in [2.75, 3.05) is 0 Å². The largest absolute Gasteiger partial charge is 0.456 e. The van der Waals surface area contributed by atoms with E-state index in [-0.39, 0.29) is 0 Å². The first-order valence-electron chi connectivity index (χ1n) is 13.4. The Kier molecular flexibility index (Phi) is 4.89. The van der Waals surface area contributed by atoms with Crippen molar-refractivity contribution in [1.29, 1.82) is 0 Å². The summed E-state index contributed by atoms with van der Waals surface area (Å²) in [6.45, 7) is 0. The molecule has 1 heterocycles. The average molecular weight is 497 g/mol. The number of rotatable bonds is 3. The van der Waals surface area contributed by atoms with Crippen molar-refractivity contribution in [3.05, 3.63) is 146 Å². The van der Waals surface area contributed by atoms with Crippen molar-refractivity contribution in [3.63, 3.8) is 0 Å². The summed E-state index contributed by atoms with van der Waals surface area (Å²) in [5.41, 5.74) is 9.16. The summed E-state index contributed by atoms with van der Waals surface area (Å²) in [7, 11) is 0. The summed E-state index contributed by atoms with van der Waals surface area (Å²) in [5, 5.41) is 7.33. The molecule has 8 rings (SSSR count). The van der Waals surface area contributed by atoms with E-state index in [2.05, 4.69) is 140 Å². The highest BCUT2D eigenvalue weighted by atomic mass is 16.3. The zero-order valence-corrected chi connectivity index (χ0v) is 21.3. The average Bonchev–Trinajstić information content (AvgIpc) is 3.38. The van der Waals surface area contributed by atoms with Crippen LogP contribution < -0.4 is 0 Å². The van der Waals surface area contributed by atoms with Crippen LogP contribution in [0.4, 0.5) is 0 Å². The van der Waals surface area contributed by atoms with Crippen LogP contribution in [0.1, 0.15) is 0 Å². The predicted octanol–water partition coefficient (Wildman–Crippen LogP) is 10.9. The molecule has 0 amide bonds. The molecule has 0 aliphatic rings. The van der Waals surface area contributed by atoms with E-state index in [0.29, 0.717) is 0 Å². The van der Waals surface area contributed by atoms with E-state index in [0.717, 1.165) is 27.5 Å². The summed E-state index contributed by atoms with van der Waals surface area (Å²) in [6.07, 6.45) is 0. The van der Waals surface area contributed by atoms with Gasteiger partial charge < -0.3 is 4.42 Å². The minimum absolute atomic E-state index is 0.911. The Morgan fingerprint density at radius 3 is 1.41 bits per heavy atom. The number of hydrogen-bond acceptors (Lipinski definition) is 1. The maximum atomic E-state index is 6.36. The molecule has 0 radical (unpaired) electrons. The molecular weight excluding hydrogens is 472 g/mol. The van der Waals surface area contributed by atoms with E-state index in [9.17, 15) is 0 Å². The van der Waals surface area contributed by atoms with Gasteiger partial charge in [0, 0.05) is 10.8 Å². The van der Waals surface area contributed by atoms with Gasteiger partial charge in [-0.15, -0.1) is 0 Å². The van der Waals surface area contributed by atoms with Gasteiger partial charge in [-0.25, -0.2) is 0 Å². The van der Waals surface area contributed by atoms with Gasteiger partial charge in [-0.05, 0) is 79.2 Å². The highest BCUT2D eigenvalue weighted by molar-refractivity contribution is 6.22. The second-order valence-corrected chi connectivity index (χ2v) is 10.1. The number of furan rings is 1. The molecule has 0 saturated carbocycles. The minimum atomic E-state index is 0.911. The second kappa shape index (κ2) is 8.72. The molecule has 0 aliphatic carbocycles. The van der Waals surface area contributed by atoms with E-state index in [1.807, 2.05) is 6.07 Å². The molecule has 1 nitrogen and oxygen atoms in total. The lowest BCUT2D eigenvalue weighted by atomic mass is 9.86. The van der Waals surface area contributed by atoms with Crippen LogP contribution in [0.3, 0.4) is 0 Å². The zero-order chi connectivity index (χ0) is 25.8. The van der Waals surface area contributed by atoms with Gasteiger partial charge in [0.05, 0.1) is 0 Å². The first-order valence-corrected chi connectivity index (χ1v) is 13.4. The fourth-order valence-corrected chi connectivity index (χ4v) is 6.10. The van der Waals surface area contributed by atoms with Crippen molar-refractivity contribution < 1.29 is 4.42 Å². The summed E-state index contributed by atoms with van der Waals surface area (Å²) >= 11 is 0. The molecule has 0 saturated heterocycles. The normalized spacial score (nSPS) is 11.6. The molecule has 0 fully saturated rings. The van der Waals surface area contributed by atoms with Gasteiger partial charge in [0.1, 0.15) is 11.2 Å². The number of hydrogen-bond donors (Lipinski definition) is 0. The highest BCUT2D eigenvalue weighted by Crippen LogP contribution is 2.44. The van der Waals surface area contributed by atoms with Crippen LogP contribution in [-0.4, -0.2) is 0 Å². The Bertz CT molecular complexity index is 2090. The van der Waals surface area contributed by atoms with Gasteiger partial charge in [-0.2, -0.15) is 0 Å². The molecule has 1 aromatic heterocycles. The summed E-state index contributed by atoms with van der Waals surface area (Å²) in [5.74, 6) is 0. The Morgan fingerprint density at radius 2 is 0.795 bits per heavy atom. The summed E-state index contributed by atoms with van der Waals surface area (Å²) < 4.78 is 6.36. The van der Waals surface area contributed by atoms with Crippen LogP contribution in [0.25, 0.3) is 76.9 Å². The van der Waals surface area contributed by atoms with Gasteiger partial charge in [-0.3, -0.25) is 0 Å². The van der Waals surface area contributed by atoms with Crippen LogP contribution in [0.15, 0.2) is 150 Å². The van der Waals surface area contributed by atoms with Crippen LogP contribution in [-0.2, 0) is 0 Å². The Morgan fingerprint density at radius 1 is 0.282 bits per heavy atom. The molecule has 0 aliphatic heterocycles. The SMILES string of the molecule is c1ccc(-c2ccc3c(c2)oc2ccc(-c4c5ccccc5c(-c5ccccc5)c5ccccc45)cc23)cc1. The second-order valence-electron chi connectivity index (χ2n) is 10.1. The van der Waals surface area contributed by atoms with E-state index in [1.165, 1.54) is 49.4 Å². The molecule has 8 aromatic rings. The molecule has 7 aromatic carbocycles. The lowest BCUT2D eigenvalue weighted by Crippen LogP contribution is -1.90. The third kappa shape index (κ3) is 3.48. The van der Waals surface area contributed by atoms with Gasteiger partial charge >= 0.3 is 0 Å². The van der Waals surface area contributed by atoms with E-state index in [4.69, 9.17) is 4.42 Å². The van der Waals surface area contributed by atoms with Crippen molar-refractivity contribution in [1.82, 2.24) is 0 Å². The molecule has 39 heavy (non-hydrogen) atoms. The Labute approximate surface area is 226 Å². The predicted molar refractivity (Wildman–Crippen MR) is 165 cm³/mol. The van der Waals surface area contributed by atoms with Crippen LogP contribution in [0, 0.1) is 0 Å². The Hall–Kier alpha value is -5.14. The van der Waals surface area contributed by atoms with E-state index < -0.39 is 0 Å². The summed E-state index contributed by atoms with van der Waals surface area (Å²) in [6, 6.07) is 52.0. The lowest BCUT2D eigenvalue weighted by molar-refractivity contribution is 0.669. The summed E-state index contributed by atoms with van der Waals surface area (Å²) in [4.78, 5) is 0. The molecular formula is C38H24O. The fraction of sp³-hybridized carbons (Fsp3) is 0. The van der Waals surface area contributed by atoms with Crippen LogP contribution in [0.5, 0.6) is 0 Å². The van der Waals surface area contributed by atoms with Crippen molar-refractivity contribution >= 4 is 43.5 Å². The van der Waals surface area contributed by atoms with Crippen LogP contribution >= 0.6 is 0 Å². The van der Waals surface area contributed by atoms with Gasteiger partial charge in [0.15, 0.2) is 0 Å². The minimum Gasteiger partial charge on any atom is -0.456 e. The fourth-order valence-electron chi connectivity index (χ4n) is 6.10. The Balaban J connectivity index is 1.40. The van der Waals surface area contributed by atoms with Gasteiger partial charge in [0.2, 0.25) is 0 Å². The molecule has 0 unspecified atom stereocenters. The first kappa shape index (κ1) is 21.9. The molecule has 0 N–H and O–H groups in total. The third-order valence-electron chi connectivity index (χ3n) is 7.86. The highest BCUT2D eigenvalue weighted by Gasteiger charge is 2.17. The van der Waals surface area contributed by atoms with Crippen molar-refractivity contribution in [2.45, 2.75) is 0 Å². The van der Waals surface area contributed by atoms with Crippen LogP contribution in [0.2, 0.25) is 0 Å². The molecule has 1 heteroatoms. The first-order chi connectivity index (χ1) is 19.3. The monoisotopic (exact) mass is 496 g/mol. The molecule has 0 bridgehead atoms. The maximum Gasteiger partial charge on any atom is 0.136 e. The quantitative estimate of drug-likeness (QED) is 0.222. The topological polar surface area (TPSA) is 13.1 Å². The smallest absolute Gasteiger partial charge is 0.136 e. The van der Waals surface area contributed by atoms with Crippen molar-refractivity contribution in [3.8, 4) is 33.4 Å². The lowest BCUT2D eigenvalue weighted by Gasteiger charge is -2.17. The number of fused-ring (bicyclic) bond motifs is 5. The van der Waals surface area contributed by atoms with Gasteiger partial charge in [0.25, 0.3) is 0 Å². The molecule has 0 spiro atoms. The van der Waals surface area contributed by atoms with E-state index in [1.54, 1.807) is 0 Å². The number of benzene rings is 7. The molecule has 182 valence electrons.